The van der Waals surface area contributed by atoms with Gasteiger partial charge in [0.25, 0.3) is 0 Å². The maximum atomic E-state index is 11.8. The van der Waals surface area contributed by atoms with Crippen LogP contribution in [0.2, 0.25) is 0 Å². The number of aromatic nitrogens is 3. The van der Waals surface area contributed by atoms with Crippen LogP contribution in [0, 0.1) is 0 Å². The van der Waals surface area contributed by atoms with Gasteiger partial charge in [-0.15, -0.1) is 0 Å². The van der Waals surface area contributed by atoms with E-state index in [1.807, 2.05) is 19.9 Å². The molecule has 0 saturated carbocycles. The van der Waals surface area contributed by atoms with Gasteiger partial charge in [-0.2, -0.15) is 0 Å². The third kappa shape index (κ3) is 3.31. The maximum Gasteiger partial charge on any atom is 0.240 e. The van der Waals surface area contributed by atoms with E-state index in [2.05, 4.69) is 15.3 Å². The van der Waals surface area contributed by atoms with Crippen molar-refractivity contribution >= 4 is 11.7 Å². The smallest absolute Gasteiger partial charge is 0.240 e. The normalized spacial score (nSPS) is 10.7. The van der Waals surface area contributed by atoms with Gasteiger partial charge in [-0.05, 0) is 26.0 Å². The van der Waals surface area contributed by atoms with Gasteiger partial charge in [0.1, 0.15) is 12.4 Å². The van der Waals surface area contributed by atoms with Crippen molar-refractivity contribution in [2.24, 2.45) is 0 Å². The number of hydrogen-bond donors (Lipinski definition) is 2. The Labute approximate surface area is 111 Å². The van der Waals surface area contributed by atoms with Gasteiger partial charge in [-0.25, -0.2) is 9.97 Å². The van der Waals surface area contributed by atoms with E-state index in [1.165, 1.54) is 0 Å². The molecule has 2 aromatic heterocycles. The predicted molar refractivity (Wildman–Crippen MR) is 73.1 cm³/mol. The second kappa shape index (κ2) is 5.51. The highest BCUT2D eigenvalue weighted by atomic mass is 16.2. The molecule has 3 N–H and O–H groups in total. The van der Waals surface area contributed by atoms with Crippen molar-refractivity contribution < 1.29 is 4.79 Å². The molecule has 100 valence electrons. The standard InChI is InChI=1S/C13H17N5O/c1-9(2)17-13(19)7-18-8-15-6-11(18)10-3-4-16-12(14)5-10/h3-6,8-9H,7H2,1-2H3,(H2,14,16)(H,17,19). The molecule has 2 rings (SSSR count). The van der Waals surface area contributed by atoms with E-state index in [9.17, 15) is 4.79 Å². The van der Waals surface area contributed by atoms with Gasteiger partial charge in [0.05, 0.1) is 18.2 Å². The molecule has 0 aliphatic heterocycles. The van der Waals surface area contributed by atoms with Crippen LogP contribution in [-0.4, -0.2) is 26.5 Å². The number of carbonyl (C=O) groups excluding carboxylic acids is 1. The van der Waals surface area contributed by atoms with Crippen LogP contribution in [0.15, 0.2) is 30.9 Å². The molecule has 0 aliphatic carbocycles. The van der Waals surface area contributed by atoms with E-state index in [4.69, 9.17) is 5.73 Å². The SMILES string of the molecule is CC(C)NC(=O)Cn1cncc1-c1ccnc(N)c1. The maximum absolute atomic E-state index is 11.8. The molecule has 0 spiro atoms. The quantitative estimate of drug-likeness (QED) is 0.859. The number of amides is 1. The molecule has 6 heteroatoms. The van der Waals surface area contributed by atoms with Crippen molar-refractivity contribution in [1.29, 1.82) is 0 Å². The molecule has 0 atom stereocenters. The van der Waals surface area contributed by atoms with Crippen LogP contribution in [-0.2, 0) is 11.3 Å². The third-order valence-electron chi connectivity index (χ3n) is 2.55. The first kappa shape index (κ1) is 13.1. The number of carbonyl (C=O) groups is 1. The van der Waals surface area contributed by atoms with Crippen molar-refractivity contribution in [2.75, 3.05) is 5.73 Å². The summed E-state index contributed by atoms with van der Waals surface area (Å²) in [5.41, 5.74) is 7.39. The van der Waals surface area contributed by atoms with E-state index >= 15 is 0 Å². The van der Waals surface area contributed by atoms with Crippen molar-refractivity contribution in [3.05, 3.63) is 30.9 Å². The summed E-state index contributed by atoms with van der Waals surface area (Å²) in [6.07, 6.45) is 4.97. The van der Waals surface area contributed by atoms with Gasteiger partial charge in [0, 0.05) is 17.8 Å². The summed E-state index contributed by atoms with van der Waals surface area (Å²) >= 11 is 0. The molecule has 19 heavy (non-hydrogen) atoms. The summed E-state index contributed by atoms with van der Waals surface area (Å²) in [4.78, 5) is 19.8. The van der Waals surface area contributed by atoms with Crippen molar-refractivity contribution in [2.45, 2.75) is 26.4 Å². The fourth-order valence-corrected chi connectivity index (χ4v) is 1.82. The number of nitrogens with zero attached hydrogens (tertiary/aromatic N) is 3. The highest BCUT2D eigenvalue weighted by Crippen LogP contribution is 2.19. The molecule has 0 fully saturated rings. The van der Waals surface area contributed by atoms with Crippen molar-refractivity contribution in [1.82, 2.24) is 19.9 Å². The Kier molecular flexibility index (Phi) is 3.79. The minimum atomic E-state index is -0.0451. The minimum absolute atomic E-state index is 0.0451. The van der Waals surface area contributed by atoms with Crippen LogP contribution in [0.3, 0.4) is 0 Å². The molecule has 6 nitrogen and oxygen atoms in total. The van der Waals surface area contributed by atoms with Crippen LogP contribution in [0.4, 0.5) is 5.82 Å². The second-order valence-electron chi connectivity index (χ2n) is 4.60. The zero-order valence-electron chi connectivity index (χ0n) is 11.0. The summed E-state index contributed by atoms with van der Waals surface area (Å²) in [5, 5.41) is 2.85. The molecule has 0 bridgehead atoms. The largest absolute Gasteiger partial charge is 0.384 e. The van der Waals surface area contributed by atoms with E-state index in [1.54, 1.807) is 29.4 Å². The lowest BCUT2D eigenvalue weighted by atomic mass is 10.2. The third-order valence-corrected chi connectivity index (χ3v) is 2.55. The molecular weight excluding hydrogens is 242 g/mol. The molecule has 0 radical (unpaired) electrons. The molecular formula is C13H17N5O. The van der Waals surface area contributed by atoms with Crippen LogP contribution in [0.1, 0.15) is 13.8 Å². The van der Waals surface area contributed by atoms with E-state index in [0.717, 1.165) is 11.3 Å². The Hall–Kier alpha value is -2.37. The average molecular weight is 259 g/mol. The summed E-state index contributed by atoms with van der Waals surface area (Å²) in [6.45, 7) is 4.09. The zero-order valence-corrected chi connectivity index (χ0v) is 11.0. The lowest BCUT2D eigenvalue weighted by molar-refractivity contribution is -0.122. The van der Waals surface area contributed by atoms with Crippen LogP contribution >= 0.6 is 0 Å². The fourth-order valence-electron chi connectivity index (χ4n) is 1.82. The summed E-state index contributed by atoms with van der Waals surface area (Å²) in [5.74, 6) is 0.396. The average Bonchev–Trinajstić information content (AvgIpc) is 2.75. The topological polar surface area (TPSA) is 85.8 Å². The lowest BCUT2D eigenvalue weighted by Crippen LogP contribution is -2.33. The number of nitrogen functional groups attached to an aromatic ring is 1. The number of pyridine rings is 1. The summed E-state index contributed by atoms with van der Waals surface area (Å²) in [7, 11) is 0. The second-order valence-corrected chi connectivity index (χ2v) is 4.60. The van der Waals surface area contributed by atoms with Crippen molar-refractivity contribution in [3.8, 4) is 11.3 Å². The van der Waals surface area contributed by atoms with Gasteiger partial charge in [-0.3, -0.25) is 4.79 Å². The van der Waals surface area contributed by atoms with Crippen LogP contribution < -0.4 is 11.1 Å². The number of imidazole rings is 1. The molecule has 0 saturated heterocycles. The van der Waals surface area contributed by atoms with E-state index < -0.39 is 0 Å². The van der Waals surface area contributed by atoms with Crippen molar-refractivity contribution in [3.63, 3.8) is 0 Å². The number of nitrogens with two attached hydrogens (primary N) is 1. The number of anilines is 1. The number of hydrogen-bond acceptors (Lipinski definition) is 4. The predicted octanol–water partition coefficient (Wildman–Crippen LogP) is 1.05. The Morgan fingerprint density at radius 2 is 2.32 bits per heavy atom. The first-order valence-electron chi connectivity index (χ1n) is 6.07. The molecule has 0 unspecified atom stereocenters. The van der Waals surface area contributed by atoms with Crippen LogP contribution in [0.5, 0.6) is 0 Å². The molecule has 2 heterocycles. The Bertz CT molecular complexity index is 576. The highest BCUT2D eigenvalue weighted by molar-refractivity contribution is 5.77. The Morgan fingerprint density at radius 1 is 1.53 bits per heavy atom. The Balaban J connectivity index is 2.21. The van der Waals surface area contributed by atoms with Gasteiger partial charge in [0.15, 0.2) is 0 Å². The zero-order chi connectivity index (χ0) is 13.8. The van der Waals surface area contributed by atoms with E-state index in [-0.39, 0.29) is 18.5 Å². The van der Waals surface area contributed by atoms with E-state index in [0.29, 0.717) is 5.82 Å². The number of nitrogens with one attached hydrogen (secondary N) is 1. The first-order valence-corrected chi connectivity index (χ1v) is 6.07. The summed E-state index contributed by atoms with van der Waals surface area (Å²) in [6, 6.07) is 3.72. The Morgan fingerprint density at radius 3 is 3.00 bits per heavy atom. The van der Waals surface area contributed by atoms with Crippen LogP contribution in [0.25, 0.3) is 11.3 Å². The summed E-state index contributed by atoms with van der Waals surface area (Å²) < 4.78 is 1.78. The fraction of sp³-hybridized carbons (Fsp3) is 0.308. The molecule has 0 aliphatic rings. The molecule has 2 aromatic rings. The first-order chi connectivity index (χ1) is 9.06. The number of rotatable bonds is 4. The van der Waals surface area contributed by atoms with Gasteiger partial charge >= 0.3 is 0 Å². The van der Waals surface area contributed by atoms with Gasteiger partial charge < -0.3 is 15.6 Å². The molecule has 1 amide bonds. The monoisotopic (exact) mass is 259 g/mol. The molecule has 0 aromatic carbocycles. The van der Waals surface area contributed by atoms with Gasteiger partial charge in [-0.1, -0.05) is 0 Å². The lowest BCUT2D eigenvalue weighted by Gasteiger charge is -2.11. The highest BCUT2D eigenvalue weighted by Gasteiger charge is 2.10. The van der Waals surface area contributed by atoms with Gasteiger partial charge in [0.2, 0.25) is 5.91 Å². The minimum Gasteiger partial charge on any atom is -0.384 e.